The van der Waals surface area contributed by atoms with Crippen molar-refractivity contribution in [2.75, 3.05) is 13.1 Å². The molecule has 0 radical (unpaired) electrons. The smallest absolute Gasteiger partial charge is 0.246 e. The van der Waals surface area contributed by atoms with E-state index in [1.807, 2.05) is 30.3 Å². The van der Waals surface area contributed by atoms with E-state index in [0.717, 1.165) is 24.9 Å². The molecule has 0 saturated carbocycles. The van der Waals surface area contributed by atoms with E-state index in [9.17, 15) is 9.59 Å². The SMILES string of the molecule is O=C1[C@@H]2C[C@@H](OCc3ccccc3)CN2C(=O)[C@@H]2CCCN12. The molecule has 0 N–H and O–H groups in total. The van der Waals surface area contributed by atoms with Crippen molar-refractivity contribution in [3.8, 4) is 0 Å². The molecule has 22 heavy (non-hydrogen) atoms. The van der Waals surface area contributed by atoms with Crippen molar-refractivity contribution < 1.29 is 14.3 Å². The number of piperazine rings is 1. The number of fused-ring (bicyclic) bond motifs is 2. The lowest BCUT2D eigenvalue weighted by Gasteiger charge is -2.38. The minimum Gasteiger partial charge on any atom is -0.372 e. The number of amides is 2. The molecule has 3 saturated heterocycles. The second-order valence-corrected chi connectivity index (χ2v) is 6.35. The Hall–Kier alpha value is -1.88. The topological polar surface area (TPSA) is 49.9 Å². The molecule has 2 amide bonds. The van der Waals surface area contributed by atoms with Gasteiger partial charge in [-0.1, -0.05) is 30.3 Å². The van der Waals surface area contributed by atoms with E-state index in [1.165, 1.54) is 0 Å². The highest BCUT2D eigenvalue weighted by Gasteiger charge is 2.51. The summed E-state index contributed by atoms with van der Waals surface area (Å²) in [5.74, 6) is 0.237. The Kier molecular flexibility index (Phi) is 3.37. The van der Waals surface area contributed by atoms with Gasteiger partial charge in [-0.25, -0.2) is 0 Å². The molecule has 0 spiro atoms. The molecule has 0 bridgehead atoms. The minimum absolute atomic E-state index is 0.0434. The number of carbonyl (C=O) groups is 2. The summed E-state index contributed by atoms with van der Waals surface area (Å²) in [6.45, 7) is 1.81. The highest BCUT2D eigenvalue weighted by Crippen LogP contribution is 2.33. The molecule has 1 aromatic carbocycles. The molecule has 0 aromatic heterocycles. The van der Waals surface area contributed by atoms with Crippen molar-refractivity contribution >= 4 is 11.8 Å². The van der Waals surface area contributed by atoms with Gasteiger partial charge in [0.1, 0.15) is 12.1 Å². The summed E-state index contributed by atoms with van der Waals surface area (Å²) < 4.78 is 5.94. The van der Waals surface area contributed by atoms with E-state index in [0.29, 0.717) is 19.6 Å². The van der Waals surface area contributed by atoms with E-state index in [1.54, 1.807) is 9.80 Å². The first-order valence-electron chi connectivity index (χ1n) is 8.00. The van der Waals surface area contributed by atoms with Crippen molar-refractivity contribution in [1.29, 1.82) is 0 Å². The summed E-state index contributed by atoms with van der Waals surface area (Å²) in [5, 5.41) is 0. The van der Waals surface area contributed by atoms with Crippen LogP contribution in [0, 0.1) is 0 Å². The number of hydrogen-bond acceptors (Lipinski definition) is 3. The molecule has 1 aromatic rings. The Balaban J connectivity index is 1.43. The summed E-state index contributed by atoms with van der Waals surface area (Å²) in [6.07, 6.45) is 2.33. The van der Waals surface area contributed by atoms with Gasteiger partial charge in [0.15, 0.2) is 0 Å². The molecule has 3 aliphatic rings. The molecule has 4 rings (SSSR count). The number of benzene rings is 1. The fourth-order valence-corrected chi connectivity index (χ4v) is 3.85. The maximum Gasteiger partial charge on any atom is 0.246 e. The monoisotopic (exact) mass is 300 g/mol. The first-order chi connectivity index (χ1) is 10.7. The van der Waals surface area contributed by atoms with Crippen LogP contribution in [0.5, 0.6) is 0 Å². The number of hydrogen-bond donors (Lipinski definition) is 0. The average molecular weight is 300 g/mol. The lowest BCUT2D eigenvalue weighted by molar-refractivity contribution is -0.157. The lowest BCUT2D eigenvalue weighted by atomic mass is 10.1. The number of ether oxygens (including phenoxy) is 1. The van der Waals surface area contributed by atoms with Crippen molar-refractivity contribution in [3.05, 3.63) is 35.9 Å². The molecular formula is C17H20N2O3. The van der Waals surface area contributed by atoms with Gasteiger partial charge in [-0.2, -0.15) is 0 Å². The van der Waals surface area contributed by atoms with Crippen LogP contribution in [0.1, 0.15) is 24.8 Å². The van der Waals surface area contributed by atoms with Crippen molar-refractivity contribution in [2.24, 2.45) is 0 Å². The van der Waals surface area contributed by atoms with Crippen LogP contribution >= 0.6 is 0 Å². The molecular weight excluding hydrogens is 280 g/mol. The van der Waals surface area contributed by atoms with Crippen LogP contribution in [0.15, 0.2) is 30.3 Å². The van der Waals surface area contributed by atoms with Gasteiger partial charge >= 0.3 is 0 Å². The summed E-state index contributed by atoms with van der Waals surface area (Å²) in [5.41, 5.74) is 1.12. The summed E-state index contributed by atoms with van der Waals surface area (Å²) in [4.78, 5) is 28.6. The fourth-order valence-electron chi connectivity index (χ4n) is 3.85. The van der Waals surface area contributed by atoms with Crippen LogP contribution in [0.3, 0.4) is 0 Å². The normalized spacial score (nSPS) is 30.6. The Morgan fingerprint density at radius 3 is 2.64 bits per heavy atom. The first-order valence-corrected chi connectivity index (χ1v) is 8.00. The van der Waals surface area contributed by atoms with Gasteiger partial charge in [0, 0.05) is 19.5 Å². The summed E-state index contributed by atoms with van der Waals surface area (Å²) >= 11 is 0. The van der Waals surface area contributed by atoms with Crippen LogP contribution in [0.25, 0.3) is 0 Å². The summed E-state index contributed by atoms with van der Waals surface area (Å²) in [6, 6.07) is 9.48. The van der Waals surface area contributed by atoms with Gasteiger partial charge in [0.2, 0.25) is 11.8 Å². The average Bonchev–Trinajstić information content (AvgIpc) is 3.19. The second-order valence-electron chi connectivity index (χ2n) is 6.35. The Bertz CT molecular complexity index is 559. The Morgan fingerprint density at radius 2 is 1.82 bits per heavy atom. The Labute approximate surface area is 129 Å². The first kappa shape index (κ1) is 13.8. The molecule has 3 fully saturated rings. The third kappa shape index (κ3) is 2.20. The van der Waals surface area contributed by atoms with Gasteiger partial charge in [0.05, 0.1) is 12.7 Å². The van der Waals surface area contributed by atoms with Gasteiger partial charge in [0.25, 0.3) is 0 Å². The third-order valence-corrected chi connectivity index (χ3v) is 4.98. The zero-order chi connectivity index (χ0) is 15.1. The summed E-state index contributed by atoms with van der Waals surface area (Å²) in [7, 11) is 0. The van der Waals surface area contributed by atoms with Gasteiger partial charge in [-0.05, 0) is 18.4 Å². The molecule has 3 aliphatic heterocycles. The molecule has 3 atom stereocenters. The highest BCUT2D eigenvalue weighted by molar-refractivity contribution is 5.98. The van der Waals surface area contributed by atoms with E-state index in [2.05, 4.69) is 0 Å². The van der Waals surface area contributed by atoms with E-state index >= 15 is 0 Å². The van der Waals surface area contributed by atoms with E-state index < -0.39 is 0 Å². The molecule has 0 unspecified atom stereocenters. The van der Waals surface area contributed by atoms with Crippen molar-refractivity contribution in [1.82, 2.24) is 9.80 Å². The number of rotatable bonds is 3. The maximum atomic E-state index is 12.5. The van der Waals surface area contributed by atoms with Crippen LogP contribution in [0.4, 0.5) is 0 Å². The third-order valence-electron chi connectivity index (χ3n) is 4.98. The quantitative estimate of drug-likeness (QED) is 0.842. The second kappa shape index (κ2) is 5.39. The minimum atomic E-state index is -0.303. The number of nitrogens with zero attached hydrogens (tertiary/aromatic N) is 2. The molecule has 5 nitrogen and oxygen atoms in total. The van der Waals surface area contributed by atoms with Crippen LogP contribution in [-0.2, 0) is 20.9 Å². The fraction of sp³-hybridized carbons (Fsp3) is 0.529. The zero-order valence-electron chi connectivity index (χ0n) is 12.5. The van der Waals surface area contributed by atoms with Crippen molar-refractivity contribution in [2.45, 2.75) is 44.1 Å². The van der Waals surface area contributed by atoms with Crippen LogP contribution in [0.2, 0.25) is 0 Å². The van der Waals surface area contributed by atoms with E-state index in [4.69, 9.17) is 4.74 Å². The predicted octanol–water partition coefficient (Wildman–Crippen LogP) is 1.18. The van der Waals surface area contributed by atoms with Gasteiger partial charge in [-0.3, -0.25) is 9.59 Å². The lowest BCUT2D eigenvalue weighted by Crippen LogP contribution is -2.60. The van der Waals surface area contributed by atoms with Gasteiger partial charge < -0.3 is 14.5 Å². The zero-order valence-corrected chi connectivity index (χ0v) is 12.5. The van der Waals surface area contributed by atoms with Crippen molar-refractivity contribution in [3.63, 3.8) is 0 Å². The van der Waals surface area contributed by atoms with Gasteiger partial charge in [-0.15, -0.1) is 0 Å². The van der Waals surface area contributed by atoms with Crippen LogP contribution in [-0.4, -0.2) is 52.9 Å². The molecule has 116 valence electrons. The largest absolute Gasteiger partial charge is 0.372 e. The predicted molar refractivity (Wildman–Crippen MR) is 79.9 cm³/mol. The number of carbonyl (C=O) groups excluding carboxylic acids is 2. The standard InChI is InChI=1S/C17H20N2O3/c20-16-14-7-4-8-18(14)17(21)15-9-13(10-19(15)16)22-11-12-5-2-1-3-6-12/h1-3,5-6,13-15H,4,7-11H2/t13-,14+,15+/m1/s1. The maximum absolute atomic E-state index is 12.5. The van der Waals surface area contributed by atoms with Crippen LogP contribution < -0.4 is 0 Å². The molecule has 5 heteroatoms. The Morgan fingerprint density at radius 1 is 1.05 bits per heavy atom. The molecule has 3 heterocycles. The van der Waals surface area contributed by atoms with E-state index in [-0.39, 0.29) is 30.0 Å². The molecule has 0 aliphatic carbocycles. The highest BCUT2D eigenvalue weighted by atomic mass is 16.5.